The highest BCUT2D eigenvalue weighted by atomic mass is 35.5. The summed E-state index contributed by atoms with van der Waals surface area (Å²) >= 11 is 5.61. The van der Waals surface area contributed by atoms with Gasteiger partial charge in [-0.25, -0.2) is 4.79 Å². The van der Waals surface area contributed by atoms with Gasteiger partial charge in [0.05, 0.1) is 10.6 Å². The van der Waals surface area contributed by atoms with Crippen molar-refractivity contribution in [2.75, 3.05) is 5.32 Å². The van der Waals surface area contributed by atoms with E-state index < -0.39 is 22.8 Å². The number of benzene rings is 2. The fourth-order valence-electron chi connectivity index (χ4n) is 3.43. The van der Waals surface area contributed by atoms with Crippen molar-refractivity contribution in [3.8, 4) is 0 Å². The number of carbonyl (C=O) groups is 4. The van der Waals surface area contributed by atoms with E-state index in [-0.39, 0.29) is 30.0 Å². The van der Waals surface area contributed by atoms with Crippen molar-refractivity contribution in [3.05, 3.63) is 63.7 Å². The van der Waals surface area contributed by atoms with Crippen LogP contribution in [0.5, 0.6) is 0 Å². The first-order valence-electron chi connectivity index (χ1n) is 10.7. The van der Waals surface area contributed by atoms with Crippen LogP contribution in [-0.4, -0.2) is 23.8 Å². The van der Waals surface area contributed by atoms with Gasteiger partial charge in [0, 0.05) is 37.2 Å². The van der Waals surface area contributed by atoms with Crippen LogP contribution in [0.15, 0.2) is 36.4 Å². The van der Waals surface area contributed by atoms with Gasteiger partial charge in [0.25, 0.3) is 5.91 Å². The van der Waals surface area contributed by atoms with Crippen LogP contribution < -0.4 is 21.3 Å². The number of rotatable bonds is 3. The number of alkyl halides is 3. The van der Waals surface area contributed by atoms with Gasteiger partial charge in [-0.05, 0) is 48.2 Å². The summed E-state index contributed by atoms with van der Waals surface area (Å²) in [6.07, 6.45) is -1.85. The monoisotopic (exact) mass is 510 g/mol. The molecule has 12 heteroatoms. The lowest BCUT2D eigenvalue weighted by Gasteiger charge is -2.12. The van der Waals surface area contributed by atoms with Gasteiger partial charge in [-0.1, -0.05) is 23.7 Å². The average molecular weight is 511 g/mol. The quantitative estimate of drug-likeness (QED) is 0.465. The average Bonchev–Trinajstić information content (AvgIpc) is 3.03. The van der Waals surface area contributed by atoms with E-state index >= 15 is 0 Å². The van der Waals surface area contributed by atoms with Crippen LogP contribution in [0.2, 0.25) is 5.02 Å². The Hall–Kier alpha value is -3.60. The summed E-state index contributed by atoms with van der Waals surface area (Å²) in [5.74, 6) is -0.383. The molecule has 5 amide bonds. The highest BCUT2D eigenvalue weighted by Gasteiger charge is 2.33. The lowest BCUT2D eigenvalue weighted by Crippen LogP contribution is -2.28. The van der Waals surface area contributed by atoms with Gasteiger partial charge in [0.2, 0.25) is 11.8 Å². The van der Waals surface area contributed by atoms with Crippen molar-refractivity contribution in [3.63, 3.8) is 0 Å². The molecule has 35 heavy (non-hydrogen) atoms. The first kappa shape index (κ1) is 26.0. The fourth-order valence-corrected chi connectivity index (χ4v) is 3.72. The summed E-state index contributed by atoms with van der Waals surface area (Å²) in [5.41, 5.74) is 1.43. The zero-order valence-electron chi connectivity index (χ0n) is 18.4. The van der Waals surface area contributed by atoms with E-state index in [1.54, 1.807) is 12.1 Å². The predicted octanol–water partition coefficient (Wildman–Crippen LogP) is 4.13. The first-order valence-corrected chi connectivity index (χ1v) is 11.0. The van der Waals surface area contributed by atoms with Crippen LogP contribution in [-0.2, 0) is 28.9 Å². The Morgan fingerprint density at radius 1 is 1.00 bits per heavy atom. The van der Waals surface area contributed by atoms with E-state index in [1.807, 2.05) is 6.07 Å². The minimum Gasteiger partial charge on any atom is -0.348 e. The largest absolute Gasteiger partial charge is 0.417 e. The number of hydrogen-bond donors (Lipinski definition) is 4. The Morgan fingerprint density at radius 2 is 1.69 bits per heavy atom. The summed E-state index contributed by atoms with van der Waals surface area (Å²) in [5, 5.41) is 9.48. The van der Waals surface area contributed by atoms with E-state index in [0.717, 1.165) is 42.2 Å². The normalized spacial score (nSPS) is 15.1. The van der Waals surface area contributed by atoms with Crippen molar-refractivity contribution in [2.24, 2.45) is 0 Å². The molecule has 0 atom stereocenters. The third-order valence-electron chi connectivity index (χ3n) is 5.18. The molecule has 1 saturated heterocycles. The van der Waals surface area contributed by atoms with Crippen LogP contribution in [0.4, 0.5) is 23.7 Å². The Morgan fingerprint density at radius 3 is 2.31 bits per heavy atom. The molecule has 4 N–H and O–H groups in total. The molecule has 0 aromatic heterocycles. The number of fused-ring (bicyclic) bond motifs is 1. The van der Waals surface area contributed by atoms with Crippen molar-refractivity contribution >= 4 is 41.0 Å². The zero-order chi connectivity index (χ0) is 25.6. The molecule has 0 bridgehead atoms. The number of urea groups is 1. The number of anilines is 1. The lowest BCUT2D eigenvalue weighted by molar-refractivity contribution is -0.137. The van der Waals surface area contributed by atoms with Crippen LogP contribution in [0.25, 0.3) is 0 Å². The SMILES string of the molecule is O=C(NCc1ccc2c(c1)CNC2=O)Nc1ccc(C(F)(F)F)c(Cl)c1.O=C1CCCCC(=O)N1. The van der Waals surface area contributed by atoms with Gasteiger partial charge < -0.3 is 16.0 Å². The van der Waals surface area contributed by atoms with Crippen molar-refractivity contribution in [1.82, 2.24) is 16.0 Å². The van der Waals surface area contributed by atoms with Crippen LogP contribution in [0.3, 0.4) is 0 Å². The molecular weight excluding hydrogens is 489 g/mol. The molecule has 0 spiro atoms. The fraction of sp³-hybridized carbons (Fsp3) is 0.304. The second kappa shape index (κ2) is 11.2. The van der Waals surface area contributed by atoms with Crippen LogP contribution in [0, 0.1) is 0 Å². The molecule has 2 aliphatic heterocycles. The van der Waals surface area contributed by atoms with E-state index in [1.165, 1.54) is 0 Å². The highest BCUT2D eigenvalue weighted by molar-refractivity contribution is 6.31. The smallest absolute Gasteiger partial charge is 0.348 e. The molecule has 4 rings (SSSR count). The zero-order valence-corrected chi connectivity index (χ0v) is 19.1. The highest BCUT2D eigenvalue weighted by Crippen LogP contribution is 2.35. The number of imide groups is 1. The molecule has 2 heterocycles. The maximum Gasteiger partial charge on any atom is 0.417 e. The minimum absolute atomic E-state index is 0.127. The van der Waals surface area contributed by atoms with Crippen molar-refractivity contribution < 1.29 is 32.3 Å². The van der Waals surface area contributed by atoms with E-state index in [2.05, 4.69) is 21.3 Å². The van der Waals surface area contributed by atoms with Crippen molar-refractivity contribution in [2.45, 2.75) is 44.9 Å². The number of amides is 5. The molecule has 0 saturated carbocycles. The standard InChI is InChI=1S/C17H13ClF3N3O2.C6H9NO2/c18-14-6-11(2-4-13(14)17(19,20)21)24-16(26)23-7-9-1-3-12-10(5-9)8-22-15(12)25;8-5-3-1-2-4-6(9)7-5/h1-6H,7-8H2,(H,22,25)(H2,23,24,26);1-4H2,(H,7,8,9). The molecule has 0 aliphatic carbocycles. The molecule has 8 nitrogen and oxygen atoms in total. The molecule has 0 radical (unpaired) electrons. The second-order valence-electron chi connectivity index (χ2n) is 7.85. The van der Waals surface area contributed by atoms with Gasteiger partial charge in [-0.15, -0.1) is 0 Å². The summed E-state index contributed by atoms with van der Waals surface area (Å²) in [4.78, 5) is 44.5. The Bertz CT molecular complexity index is 1140. The van der Waals surface area contributed by atoms with Gasteiger partial charge in [0.15, 0.2) is 0 Å². The summed E-state index contributed by atoms with van der Waals surface area (Å²) in [6, 6.07) is 7.60. The van der Waals surface area contributed by atoms with E-state index in [0.29, 0.717) is 24.9 Å². The summed E-state index contributed by atoms with van der Waals surface area (Å²) < 4.78 is 38.0. The molecular formula is C23H22ClF3N4O4. The van der Waals surface area contributed by atoms with Gasteiger partial charge in [0.1, 0.15) is 0 Å². The first-order chi connectivity index (χ1) is 16.5. The number of carbonyl (C=O) groups excluding carboxylic acids is 4. The molecule has 0 unspecified atom stereocenters. The van der Waals surface area contributed by atoms with Gasteiger partial charge >= 0.3 is 12.2 Å². The van der Waals surface area contributed by atoms with Gasteiger partial charge in [-0.2, -0.15) is 13.2 Å². The molecule has 186 valence electrons. The third kappa shape index (κ3) is 7.44. The molecule has 1 fully saturated rings. The third-order valence-corrected chi connectivity index (χ3v) is 5.49. The lowest BCUT2D eigenvalue weighted by atomic mass is 10.1. The van der Waals surface area contributed by atoms with Gasteiger partial charge in [-0.3, -0.25) is 19.7 Å². The van der Waals surface area contributed by atoms with E-state index in [9.17, 15) is 32.3 Å². The van der Waals surface area contributed by atoms with Crippen LogP contribution in [0.1, 0.15) is 52.7 Å². The topological polar surface area (TPSA) is 116 Å². The molecule has 2 aliphatic rings. The van der Waals surface area contributed by atoms with Crippen LogP contribution >= 0.6 is 11.6 Å². The Balaban J connectivity index is 0.000000320. The minimum atomic E-state index is -4.55. The summed E-state index contributed by atoms with van der Waals surface area (Å²) in [6.45, 7) is 0.639. The number of halogens is 4. The Kier molecular flexibility index (Phi) is 8.34. The number of hydrogen-bond acceptors (Lipinski definition) is 4. The van der Waals surface area contributed by atoms with E-state index in [4.69, 9.17) is 11.6 Å². The predicted molar refractivity (Wildman–Crippen MR) is 122 cm³/mol. The molecule has 2 aromatic rings. The molecule has 2 aromatic carbocycles. The second-order valence-corrected chi connectivity index (χ2v) is 8.26. The Labute approximate surface area is 203 Å². The maximum absolute atomic E-state index is 12.7. The maximum atomic E-state index is 12.7. The number of nitrogens with one attached hydrogen (secondary N) is 4. The van der Waals surface area contributed by atoms with Crippen molar-refractivity contribution in [1.29, 1.82) is 0 Å². The summed E-state index contributed by atoms with van der Waals surface area (Å²) in [7, 11) is 0.